The van der Waals surface area contributed by atoms with Gasteiger partial charge in [-0.1, -0.05) is 11.6 Å². The van der Waals surface area contributed by atoms with Gasteiger partial charge in [-0.05, 0) is 54.4 Å². The second-order valence-corrected chi connectivity index (χ2v) is 5.66. The van der Waals surface area contributed by atoms with Gasteiger partial charge in [0.2, 0.25) is 6.79 Å². The number of carbonyl (C=O) groups is 2. The number of ether oxygens (including phenoxy) is 2. The van der Waals surface area contributed by atoms with Crippen LogP contribution in [0.25, 0.3) is 0 Å². The summed E-state index contributed by atoms with van der Waals surface area (Å²) in [6, 6.07) is 10.1. The number of hydrazone groups is 1. The normalized spacial score (nSPS) is 12.2. The number of hydrogen-bond acceptors (Lipinski definition) is 5. The lowest BCUT2D eigenvalue weighted by atomic mass is 10.2. The van der Waals surface area contributed by atoms with Gasteiger partial charge in [-0.15, -0.1) is 0 Å². The molecule has 1 aliphatic rings. The number of halogens is 1. The van der Waals surface area contributed by atoms with Crippen LogP contribution in [0.3, 0.4) is 0 Å². The Balaban J connectivity index is 1.57. The Morgan fingerprint density at radius 2 is 1.92 bits per heavy atom. The zero-order valence-corrected chi connectivity index (χ0v) is 14.0. The van der Waals surface area contributed by atoms with Crippen LogP contribution >= 0.6 is 11.6 Å². The number of benzene rings is 2. The van der Waals surface area contributed by atoms with Crippen LogP contribution in [0.4, 0.5) is 5.69 Å². The van der Waals surface area contributed by atoms with Crippen molar-refractivity contribution < 1.29 is 19.1 Å². The molecule has 0 spiro atoms. The Hall–Kier alpha value is -3.06. The maximum atomic E-state index is 11.9. The van der Waals surface area contributed by atoms with E-state index in [1.165, 1.54) is 6.21 Å². The van der Waals surface area contributed by atoms with E-state index in [2.05, 4.69) is 15.8 Å². The zero-order chi connectivity index (χ0) is 17.8. The number of aryl methyl sites for hydroxylation is 1. The maximum Gasteiger partial charge on any atom is 0.329 e. The predicted molar refractivity (Wildman–Crippen MR) is 93.1 cm³/mol. The number of fused-ring (bicyclic) bond motifs is 1. The second-order valence-electron chi connectivity index (χ2n) is 5.23. The summed E-state index contributed by atoms with van der Waals surface area (Å²) in [6.45, 7) is 1.95. The lowest BCUT2D eigenvalue weighted by molar-refractivity contribution is -0.136. The van der Waals surface area contributed by atoms with Crippen LogP contribution < -0.4 is 20.2 Å². The Labute approximate surface area is 148 Å². The van der Waals surface area contributed by atoms with Gasteiger partial charge in [0.05, 0.1) is 6.21 Å². The summed E-state index contributed by atoms with van der Waals surface area (Å²) in [5.41, 5.74) is 4.11. The molecule has 0 aromatic heterocycles. The van der Waals surface area contributed by atoms with Gasteiger partial charge in [-0.3, -0.25) is 9.59 Å². The fourth-order valence-corrected chi connectivity index (χ4v) is 2.38. The van der Waals surface area contributed by atoms with Crippen molar-refractivity contribution in [3.8, 4) is 11.5 Å². The smallest absolute Gasteiger partial charge is 0.329 e. The first-order valence-corrected chi connectivity index (χ1v) is 7.71. The molecule has 2 N–H and O–H groups in total. The van der Waals surface area contributed by atoms with Gasteiger partial charge in [0.1, 0.15) is 0 Å². The SMILES string of the molecule is Cc1cc(Cl)ccc1NC(=O)C(=O)N/N=C\c1ccc2c(c1)OCO2. The number of hydrogen-bond donors (Lipinski definition) is 2. The highest BCUT2D eigenvalue weighted by Gasteiger charge is 2.15. The highest BCUT2D eigenvalue weighted by atomic mass is 35.5. The lowest BCUT2D eigenvalue weighted by Gasteiger charge is -2.07. The van der Waals surface area contributed by atoms with E-state index in [1.807, 2.05) is 0 Å². The summed E-state index contributed by atoms with van der Waals surface area (Å²) >= 11 is 5.85. The van der Waals surface area contributed by atoms with Crippen LogP contribution in [-0.4, -0.2) is 24.8 Å². The molecule has 0 aliphatic carbocycles. The predicted octanol–water partition coefficient (Wildman–Crippen LogP) is 2.47. The summed E-state index contributed by atoms with van der Waals surface area (Å²) in [4.78, 5) is 23.7. The monoisotopic (exact) mass is 359 g/mol. The molecule has 2 amide bonds. The molecule has 3 rings (SSSR count). The first kappa shape index (κ1) is 16.8. The molecular weight excluding hydrogens is 346 g/mol. The minimum absolute atomic E-state index is 0.178. The van der Waals surface area contributed by atoms with Gasteiger partial charge >= 0.3 is 11.8 Å². The first-order chi connectivity index (χ1) is 12.0. The van der Waals surface area contributed by atoms with Crippen LogP contribution in [0.1, 0.15) is 11.1 Å². The van der Waals surface area contributed by atoms with Crippen molar-refractivity contribution in [1.82, 2.24) is 5.43 Å². The number of rotatable bonds is 3. The third kappa shape index (κ3) is 4.07. The molecule has 25 heavy (non-hydrogen) atoms. The summed E-state index contributed by atoms with van der Waals surface area (Å²) in [5, 5.41) is 6.81. The quantitative estimate of drug-likeness (QED) is 0.500. The van der Waals surface area contributed by atoms with Crippen molar-refractivity contribution in [2.75, 3.05) is 12.1 Å². The molecular formula is C17H14ClN3O4. The number of amides is 2. The zero-order valence-electron chi connectivity index (χ0n) is 13.2. The fourth-order valence-electron chi connectivity index (χ4n) is 2.16. The van der Waals surface area contributed by atoms with Crippen LogP contribution in [0, 0.1) is 6.92 Å². The molecule has 2 aromatic carbocycles. The van der Waals surface area contributed by atoms with Crippen molar-refractivity contribution in [3.63, 3.8) is 0 Å². The Morgan fingerprint density at radius 1 is 1.12 bits per heavy atom. The van der Waals surface area contributed by atoms with Gasteiger partial charge in [0, 0.05) is 10.7 Å². The highest BCUT2D eigenvalue weighted by Crippen LogP contribution is 2.31. The number of nitrogens with one attached hydrogen (secondary N) is 2. The van der Waals surface area contributed by atoms with Gasteiger partial charge in [-0.25, -0.2) is 5.43 Å². The van der Waals surface area contributed by atoms with Crippen LogP contribution in [0.15, 0.2) is 41.5 Å². The van der Waals surface area contributed by atoms with Crippen molar-refractivity contribution in [2.24, 2.45) is 5.10 Å². The van der Waals surface area contributed by atoms with E-state index in [0.29, 0.717) is 27.8 Å². The second kappa shape index (κ2) is 7.23. The largest absolute Gasteiger partial charge is 0.454 e. The molecule has 0 fully saturated rings. The Kier molecular flexibility index (Phi) is 4.85. The van der Waals surface area contributed by atoms with E-state index in [9.17, 15) is 9.59 Å². The molecule has 0 bridgehead atoms. The molecule has 7 nitrogen and oxygen atoms in total. The molecule has 0 atom stereocenters. The average molecular weight is 360 g/mol. The van der Waals surface area contributed by atoms with E-state index in [-0.39, 0.29) is 6.79 Å². The molecule has 1 heterocycles. The minimum atomic E-state index is -0.883. The van der Waals surface area contributed by atoms with E-state index in [1.54, 1.807) is 43.3 Å². The summed E-state index contributed by atoms with van der Waals surface area (Å²) in [7, 11) is 0. The summed E-state index contributed by atoms with van der Waals surface area (Å²) in [6.07, 6.45) is 1.40. The molecule has 0 unspecified atom stereocenters. The third-order valence-electron chi connectivity index (χ3n) is 3.42. The molecule has 0 radical (unpaired) electrons. The minimum Gasteiger partial charge on any atom is -0.454 e. The molecule has 128 valence electrons. The van der Waals surface area contributed by atoms with Crippen molar-refractivity contribution in [1.29, 1.82) is 0 Å². The third-order valence-corrected chi connectivity index (χ3v) is 3.65. The molecule has 2 aromatic rings. The summed E-state index contributed by atoms with van der Waals surface area (Å²) in [5.74, 6) is -0.454. The van der Waals surface area contributed by atoms with E-state index >= 15 is 0 Å². The van der Waals surface area contributed by atoms with Crippen LogP contribution in [0.2, 0.25) is 5.02 Å². The highest BCUT2D eigenvalue weighted by molar-refractivity contribution is 6.39. The lowest BCUT2D eigenvalue weighted by Crippen LogP contribution is -2.32. The first-order valence-electron chi connectivity index (χ1n) is 7.33. The Bertz CT molecular complexity index is 867. The van der Waals surface area contributed by atoms with Crippen LogP contribution in [-0.2, 0) is 9.59 Å². The molecule has 0 saturated carbocycles. The van der Waals surface area contributed by atoms with Gasteiger partial charge in [-0.2, -0.15) is 5.10 Å². The Morgan fingerprint density at radius 3 is 2.72 bits per heavy atom. The number of nitrogens with zero attached hydrogens (tertiary/aromatic N) is 1. The number of anilines is 1. The van der Waals surface area contributed by atoms with E-state index < -0.39 is 11.8 Å². The van der Waals surface area contributed by atoms with Crippen molar-refractivity contribution in [3.05, 3.63) is 52.5 Å². The van der Waals surface area contributed by atoms with E-state index in [4.69, 9.17) is 21.1 Å². The fraction of sp³-hybridized carbons (Fsp3) is 0.118. The topological polar surface area (TPSA) is 89.0 Å². The standard InChI is InChI=1S/C17H14ClN3O4/c1-10-6-12(18)3-4-13(10)20-16(22)17(23)21-19-8-11-2-5-14-15(7-11)25-9-24-14/h2-8H,9H2,1H3,(H,20,22)(H,21,23)/b19-8-. The van der Waals surface area contributed by atoms with Gasteiger partial charge in [0.15, 0.2) is 11.5 Å². The summed E-state index contributed by atoms with van der Waals surface area (Å²) < 4.78 is 10.4. The molecule has 8 heteroatoms. The number of carbonyl (C=O) groups excluding carboxylic acids is 2. The maximum absolute atomic E-state index is 11.9. The van der Waals surface area contributed by atoms with Crippen LogP contribution in [0.5, 0.6) is 11.5 Å². The van der Waals surface area contributed by atoms with Crippen molar-refractivity contribution >= 4 is 35.3 Å². The van der Waals surface area contributed by atoms with E-state index in [0.717, 1.165) is 5.56 Å². The van der Waals surface area contributed by atoms with Gasteiger partial charge < -0.3 is 14.8 Å². The molecule has 0 saturated heterocycles. The van der Waals surface area contributed by atoms with Gasteiger partial charge in [0.25, 0.3) is 0 Å². The average Bonchev–Trinajstić information content (AvgIpc) is 3.05. The molecule has 1 aliphatic heterocycles. The van der Waals surface area contributed by atoms with Crippen molar-refractivity contribution in [2.45, 2.75) is 6.92 Å².